The predicted molar refractivity (Wildman–Crippen MR) is 105 cm³/mol. The van der Waals surface area contributed by atoms with Crippen LogP contribution in [-0.2, 0) is 10.5 Å². The molecule has 0 spiro atoms. The molecule has 1 unspecified atom stereocenters. The van der Waals surface area contributed by atoms with E-state index in [1.54, 1.807) is 11.9 Å². The van der Waals surface area contributed by atoms with Crippen molar-refractivity contribution >= 4 is 23.5 Å². The Balaban J connectivity index is 1.57. The molecule has 1 aliphatic heterocycles. The molecular weight excluding hydrogens is 346 g/mol. The van der Waals surface area contributed by atoms with Gasteiger partial charge in [-0.05, 0) is 42.6 Å². The molecule has 0 bridgehead atoms. The lowest BCUT2D eigenvalue weighted by atomic mass is 10.0. The van der Waals surface area contributed by atoms with Gasteiger partial charge in [-0.3, -0.25) is 9.59 Å². The minimum Gasteiger partial charge on any atom is -0.481 e. The van der Waals surface area contributed by atoms with Crippen LogP contribution in [0.1, 0.15) is 54.4 Å². The van der Waals surface area contributed by atoms with Gasteiger partial charge in [0.1, 0.15) is 0 Å². The lowest BCUT2D eigenvalue weighted by Crippen LogP contribution is -2.34. The second kappa shape index (κ2) is 8.58. The molecule has 26 heavy (non-hydrogen) atoms. The van der Waals surface area contributed by atoms with Crippen LogP contribution in [0.15, 0.2) is 47.0 Å². The van der Waals surface area contributed by atoms with Crippen LogP contribution in [0.5, 0.6) is 0 Å². The van der Waals surface area contributed by atoms with E-state index in [-0.39, 0.29) is 18.2 Å². The van der Waals surface area contributed by atoms with Gasteiger partial charge >= 0.3 is 5.97 Å². The molecule has 1 aromatic rings. The molecule has 1 N–H and O–H groups in total. The van der Waals surface area contributed by atoms with Gasteiger partial charge in [-0.1, -0.05) is 36.4 Å². The molecular formula is C21H25NO3S. The number of Topliss-reactive ketones (excluding diaryl/α,β-unsaturated/α-hetero) is 1. The zero-order chi connectivity index (χ0) is 18.5. The van der Waals surface area contributed by atoms with Gasteiger partial charge in [0, 0.05) is 24.1 Å². The van der Waals surface area contributed by atoms with E-state index in [2.05, 4.69) is 6.08 Å². The van der Waals surface area contributed by atoms with Gasteiger partial charge in [0.2, 0.25) is 0 Å². The largest absolute Gasteiger partial charge is 0.481 e. The quantitative estimate of drug-likeness (QED) is 0.709. The first kappa shape index (κ1) is 18.8. The Morgan fingerprint density at radius 2 is 1.96 bits per heavy atom. The summed E-state index contributed by atoms with van der Waals surface area (Å²) in [5.74, 6) is 0.123. The third kappa shape index (κ3) is 4.58. The maximum Gasteiger partial charge on any atom is 0.309 e. The van der Waals surface area contributed by atoms with Crippen LogP contribution < -0.4 is 0 Å². The number of benzene rings is 1. The third-order valence-electron chi connectivity index (χ3n) is 5.04. The summed E-state index contributed by atoms with van der Waals surface area (Å²) in [4.78, 5) is 27.0. The van der Waals surface area contributed by atoms with Crippen LogP contribution in [0.4, 0.5) is 0 Å². The first-order valence-electron chi connectivity index (χ1n) is 9.13. The van der Waals surface area contributed by atoms with Gasteiger partial charge in [-0.15, -0.1) is 11.8 Å². The van der Waals surface area contributed by atoms with Crippen molar-refractivity contribution in [2.24, 2.45) is 0 Å². The highest BCUT2D eigenvalue weighted by atomic mass is 32.2. The molecule has 2 aliphatic rings. The second-order valence-electron chi connectivity index (χ2n) is 6.89. The first-order chi connectivity index (χ1) is 12.5. The number of ketones is 1. The average Bonchev–Trinajstić information content (AvgIpc) is 3.00. The van der Waals surface area contributed by atoms with E-state index in [0.29, 0.717) is 17.7 Å². The Bertz CT molecular complexity index is 736. The van der Waals surface area contributed by atoms with Crippen molar-refractivity contribution in [2.45, 2.75) is 50.3 Å². The normalized spacial score (nSPS) is 19.9. The number of aliphatic carboxylic acids is 1. The summed E-state index contributed by atoms with van der Waals surface area (Å²) in [6.45, 7) is 0. The van der Waals surface area contributed by atoms with E-state index >= 15 is 0 Å². The molecule has 0 aromatic heterocycles. The fourth-order valence-electron chi connectivity index (χ4n) is 3.46. The number of carbonyl (C=O) groups is 2. The molecule has 3 rings (SSSR count). The van der Waals surface area contributed by atoms with Crippen molar-refractivity contribution < 1.29 is 14.7 Å². The highest BCUT2D eigenvalue weighted by Crippen LogP contribution is 2.30. The molecule has 0 fully saturated rings. The number of carbonyl (C=O) groups excluding carboxylic acids is 1. The van der Waals surface area contributed by atoms with Crippen molar-refractivity contribution in [1.29, 1.82) is 0 Å². The molecule has 0 radical (unpaired) electrons. The van der Waals surface area contributed by atoms with E-state index in [1.165, 1.54) is 36.2 Å². The van der Waals surface area contributed by atoms with Crippen molar-refractivity contribution in [3.05, 3.63) is 58.1 Å². The smallest absolute Gasteiger partial charge is 0.309 e. The van der Waals surface area contributed by atoms with Crippen LogP contribution >= 0.6 is 11.8 Å². The minimum atomic E-state index is -0.869. The highest BCUT2D eigenvalue weighted by Gasteiger charge is 2.30. The summed E-state index contributed by atoms with van der Waals surface area (Å²) in [6.07, 6.45) is 9.74. The predicted octanol–water partition coefficient (Wildman–Crippen LogP) is 4.62. The molecule has 138 valence electrons. The van der Waals surface area contributed by atoms with Crippen molar-refractivity contribution in [2.75, 3.05) is 7.05 Å². The highest BCUT2D eigenvalue weighted by molar-refractivity contribution is 8.02. The number of likely N-dealkylation sites (N-methyl/N-ethyl adjacent to an activating group) is 1. The molecule has 0 amide bonds. The van der Waals surface area contributed by atoms with Gasteiger partial charge in [-0.2, -0.15) is 0 Å². The van der Waals surface area contributed by atoms with Gasteiger partial charge in [0.25, 0.3) is 0 Å². The van der Waals surface area contributed by atoms with Gasteiger partial charge in [0.15, 0.2) is 5.78 Å². The lowest BCUT2D eigenvalue weighted by molar-refractivity contribution is -0.136. The molecule has 4 nitrogen and oxygen atoms in total. The van der Waals surface area contributed by atoms with E-state index in [4.69, 9.17) is 5.11 Å². The summed E-state index contributed by atoms with van der Waals surface area (Å²) in [5, 5.41) is 8.95. The van der Waals surface area contributed by atoms with Crippen LogP contribution in [0, 0.1) is 0 Å². The number of thioether (sulfide) groups is 1. The molecule has 5 heteroatoms. The lowest BCUT2D eigenvalue weighted by Gasteiger charge is -2.24. The molecule has 1 heterocycles. The molecule has 1 aliphatic carbocycles. The van der Waals surface area contributed by atoms with Crippen molar-refractivity contribution in [1.82, 2.24) is 4.90 Å². The van der Waals surface area contributed by atoms with Crippen molar-refractivity contribution in [3.63, 3.8) is 0 Å². The average molecular weight is 372 g/mol. The number of rotatable bonds is 7. The van der Waals surface area contributed by atoms with Crippen LogP contribution in [0.25, 0.3) is 0 Å². The monoisotopic (exact) mass is 371 g/mol. The third-order valence-corrected chi connectivity index (χ3v) is 6.26. The number of hydrogen-bond donors (Lipinski definition) is 1. The van der Waals surface area contributed by atoms with E-state index < -0.39 is 5.97 Å². The number of hydrogen-bond acceptors (Lipinski definition) is 4. The summed E-state index contributed by atoms with van der Waals surface area (Å²) in [5.41, 5.74) is 2.63. The number of carboxylic acid groups (broad SMARTS) is 1. The standard InChI is InChI=1S/C21H25NO3S/c1-22-17(13-20(23)24)11-12-19(22)21(25)16-9-7-15(8-10-16)14-26-18-5-3-2-4-6-18/h5,7-11,19H,2-4,6,12-14H2,1H3,(H,23,24). The van der Waals surface area contributed by atoms with Gasteiger partial charge in [0.05, 0.1) is 12.5 Å². The fraction of sp³-hybridized carbons (Fsp3) is 0.429. The Morgan fingerprint density at radius 1 is 1.19 bits per heavy atom. The maximum absolute atomic E-state index is 12.8. The Morgan fingerprint density at radius 3 is 2.62 bits per heavy atom. The van der Waals surface area contributed by atoms with Crippen LogP contribution in [0.3, 0.4) is 0 Å². The summed E-state index contributed by atoms with van der Waals surface area (Å²) in [6, 6.07) is 7.57. The summed E-state index contributed by atoms with van der Waals surface area (Å²) < 4.78 is 0. The number of nitrogens with zero attached hydrogens (tertiary/aromatic N) is 1. The fourth-order valence-corrected chi connectivity index (χ4v) is 4.53. The Labute approximate surface area is 159 Å². The van der Waals surface area contributed by atoms with Gasteiger partial charge < -0.3 is 10.0 Å². The number of carboxylic acids is 1. The molecule has 1 aromatic carbocycles. The molecule has 0 saturated heterocycles. The van der Waals surface area contributed by atoms with Crippen LogP contribution in [-0.4, -0.2) is 34.8 Å². The SMILES string of the molecule is CN1C(CC(=O)O)=CCC1C(=O)c1ccc(CSC2=CCCCC2)cc1. The van der Waals surface area contributed by atoms with Gasteiger partial charge in [-0.25, -0.2) is 0 Å². The van der Waals surface area contributed by atoms with E-state index in [1.807, 2.05) is 42.1 Å². The maximum atomic E-state index is 12.8. The van der Waals surface area contributed by atoms with E-state index in [0.717, 1.165) is 5.75 Å². The summed E-state index contributed by atoms with van der Waals surface area (Å²) >= 11 is 1.90. The molecule has 0 saturated carbocycles. The topological polar surface area (TPSA) is 57.6 Å². The van der Waals surface area contributed by atoms with Crippen molar-refractivity contribution in [3.8, 4) is 0 Å². The Hall–Kier alpha value is -2.01. The minimum absolute atomic E-state index is 0.0354. The number of allylic oxidation sites excluding steroid dienone is 2. The first-order valence-corrected chi connectivity index (χ1v) is 10.1. The summed E-state index contributed by atoms with van der Waals surface area (Å²) in [7, 11) is 1.80. The zero-order valence-corrected chi connectivity index (χ0v) is 15.9. The molecule has 1 atom stereocenters. The zero-order valence-electron chi connectivity index (χ0n) is 15.1. The Kier molecular flexibility index (Phi) is 6.20. The van der Waals surface area contributed by atoms with E-state index in [9.17, 15) is 9.59 Å². The van der Waals surface area contributed by atoms with Crippen LogP contribution in [0.2, 0.25) is 0 Å². The second-order valence-corrected chi connectivity index (χ2v) is 8.00.